The summed E-state index contributed by atoms with van der Waals surface area (Å²) < 4.78 is 10.7. The zero-order valence-corrected chi connectivity index (χ0v) is 12.3. The average molecular weight is 264 g/mol. The van der Waals surface area contributed by atoms with Gasteiger partial charge in [0.1, 0.15) is 0 Å². The Hall–Kier alpha value is -1.26. The summed E-state index contributed by atoms with van der Waals surface area (Å²) in [5, 5.41) is 3.33. The van der Waals surface area contributed by atoms with Gasteiger partial charge in [-0.15, -0.1) is 0 Å². The van der Waals surface area contributed by atoms with E-state index in [1.54, 1.807) is 14.2 Å². The molecule has 0 amide bonds. The maximum Gasteiger partial charge on any atom is 0.161 e. The van der Waals surface area contributed by atoms with E-state index >= 15 is 0 Å². The van der Waals surface area contributed by atoms with Crippen LogP contribution in [-0.4, -0.2) is 44.8 Å². The van der Waals surface area contributed by atoms with Crippen LogP contribution in [0.1, 0.15) is 18.1 Å². The standard InChI is InChI=1S/C15H24N2O2/c1-5-17(13-8-16-9-13)10-12-7-15(19-4)14(18-3)6-11(12)2/h6-7,13,16H,5,8-10H2,1-4H3. The fourth-order valence-corrected chi connectivity index (χ4v) is 2.44. The molecule has 1 fully saturated rings. The number of rotatable bonds is 6. The van der Waals surface area contributed by atoms with Gasteiger partial charge in [-0.1, -0.05) is 6.92 Å². The van der Waals surface area contributed by atoms with Crippen molar-refractivity contribution in [1.29, 1.82) is 0 Å². The summed E-state index contributed by atoms with van der Waals surface area (Å²) in [7, 11) is 3.36. The number of benzene rings is 1. The van der Waals surface area contributed by atoms with Crippen molar-refractivity contribution in [3.63, 3.8) is 0 Å². The lowest BCUT2D eigenvalue weighted by molar-refractivity contribution is 0.145. The molecular weight excluding hydrogens is 240 g/mol. The Morgan fingerprint density at radius 1 is 1.21 bits per heavy atom. The Kier molecular flexibility index (Phi) is 4.66. The third kappa shape index (κ3) is 3.01. The van der Waals surface area contributed by atoms with E-state index in [-0.39, 0.29) is 0 Å². The van der Waals surface area contributed by atoms with Crippen molar-refractivity contribution in [2.75, 3.05) is 33.9 Å². The highest BCUT2D eigenvalue weighted by Crippen LogP contribution is 2.31. The number of hydrogen-bond acceptors (Lipinski definition) is 4. The molecule has 0 unspecified atom stereocenters. The van der Waals surface area contributed by atoms with E-state index < -0.39 is 0 Å². The minimum atomic E-state index is 0.664. The average Bonchev–Trinajstić information content (AvgIpc) is 2.37. The molecule has 0 aromatic heterocycles. The Morgan fingerprint density at radius 3 is 2.32 bits per heavy atom. The highest BCUT2D eigenvalue weighted by molar-refractivity contribution is 5.47. The van der Waals surface area contributed by atoms with Crippen LogP contribution >= 0.6 is 0 Å². The normalized spacial score (nSPS) is 15.4. The first-order valence-electron chi connectivity index (χ1n) is 6.85. The summed E-state index contributed by atoms with van der Waals surface area (Å²) in [5.41, 5.74) is 2.56. The maximum absolute atomic E-state index is 5.39. The Balaban J connectivity index is 2.18. The Labute approximate surface area is 115 Å². The molecule has 0 saturated carbocycles. The van der Waals surface area contributed by atoms with Crippen LogP contribution in [0.2, 0.25) is 0 Å². The molecule has 4 heteroatoms. The largest absolute Gasteiger partial charge is 0.493 e. The van der Waals surface area contributed by atoms with Gasteiger partial charge < -0.3 is 14.8 Å². The number of nitrogens with zero attached hydrogens (tertiary/aromatic N) is 1. The Morgan fingerprint density at radius 2 is 1.84 bits per heavy atom. The van der Waals surface area contributed by atoms with Crippen molar-refractivity contribution in [3.8, 4) is 11.5 Å². The summed E-state index contributed by atoms with van der Waals surface area (Å²) >= 11 is 0. The summed E-state index contributed by atoms with van der Waals surface area (Å²) in [6.45, 7) is 8.58. The van der Waals surface area contributed by atoms with Gasteiger partial charge in [-0.2, -0.15) is 0 Å². The third-order valence-corrected chi connectivity index (χ3v) is 3.90. The second-order valence-corrected chi connectivity index (χ2v) is 5.01. The van der Waals surface area contributed by atoms with Crippen molar-refractivity contribution in [2.24, 2.45) is 0 Å². The van der Waals surface area contributed by atoms with Gasteiger partial charge in [0.25, 0.3) is 0 Å². The van der Waals surface area contributed by atoms with Crippen LogP contribution in [0, 0.1) is 6.92 Å². The fourth-order valence-electron chi connectivity index (χ4n) is 2.44. The molecule has 1 saturated heterocycles. The van der Waals surface area contributed by atoms with Crippen molar-refractivity contribution < 1.29 is 9.47 Å². The lowest BCUT2D eigenvalue weighted by Gasteiger charge is -2.38. The number of ether oxygens (including phenoxy) is 2. The summed E-state index contributed by atoms with van der Waals surface area (Å²) in [6.07, 6.45) is 0. The van der Waals surface area contributed by atoms with Gasteiger partial charge in [0, 0.05) is 25.7 Å². The van der Waals surface area contributed by atoms with E-state index in [0.29, 0.717) is 6.04 Å². The second-order valence-electron chi connectivity index (χ2n) is 5.01. The van der Waals surface area contributed by atoms with Gasteiger partial charge >= 0.3 is 0 Å². The lowest BCUT2D eigenvalue weighted by atomic mass is 10.0. The van der Waals surface area contributed by atoms with Crippen LogP contribution in [0.4, 0.5) is 0 Å². The van der Waals surface area contributed by atoms with E-state index in [1.165, 1.54) is 11.1 Å². The number of hydrogen-bond donors (Lipinski definition) is 1. The van der Waals surface area contributed by atoms with Crippen LogP contribution in [0.5, 0.6) is 11.5 Å². The van der Waals surface area contributed by atoms with Crippen LogP contribution < -0.4 is 14.8 Å². The summed E-state index contributed by atoms with van der Waals surface area (Å²) in [6, 6.07) is 4.82. The highest BCUT2D eigenvalue weighted by Gasteiger charge is 2.24. The smallest absolute Gasteiger partial charge is 0.161 e. The first-order valence-corrected chi connectivity index (χ1v) is 6.85. The zero-order valence-electron chi connectivity index (χ0n) is 12.3. The van der Waals surface area contributed by atoms with E-state index in [9.17, 15) is 0 Å². The molecule has 19 heavy (non-hydrogen) atoms. The van der Waals surface area contributed by atoms with Crippen LogP contribution in [0.25, 0.3) is 0 Å². The van der Waals surface area contributed by atoms with Gasteiger partial charge in [-0.05, 0) is 36.7 Å². The molecular formula is C15H24N2O2. The SMILES string of the molecule is CCN(Cc1cc(OC)c(OC)cc1C)C1CNC1. The molecule has 1 aromatic rings. The van der Waals surface area contributed by atoms with Gasteiger partial charge in [-0.3, -0.25) is 4.90 Å². The first-order chi connectivity index (χ1) is 9.19. The van der Waals surface area contributed by atoms with Crippen molar-refractivity contribution >= 4 is 0 Å². The molecule has 106 valence electrons. The van der Waals surface area contributed by atoms with Gasteiger partial charge in [0.15, 0.2) is 11.5 Å². The molecule has 2 rings (SSSR count). The lowest BCUT2D eigenvalue weighted by Crippen LogP contribution is -2.56. The van der Waals surface area contributed by atoms with E-state index in [1.807, 2.05) is 0 Å². The van der Waals surface area contributed by atoms with Gasteiger partial charge in [0.05, 0.1) is 14.2 Å². The highest BCUT2D eigenvalue weighted by atomic mass is 16.5. The van der Waals surface area contributed by atoms with Crippen LogP contribution in [0.3, 0.4) is 0 Å². The molecule has 0 spiro atoms. The minimum Gasteiger partial charge on any atom is -0.493 e. The van der Waals surface area contributed by atoms with Crippen LogP contribution in [0.15, 0.2) is 12.1 Å². The predicted octanol–water partition coefficient (Wildman–Crippen LogP) is 1.81. The van der Waals surface area contributed by atoms with E-state index in [4.69, 9.17) is 9.47 Å². The van der Waals surface area contributed by atoms with Crippen LogP contribution in [-0.2, 0) is 6.54 Å². The molecule has 0 radical (unpaired) electrons. The maximum atomic E-state index is 5.39. The molecule has 1 aromatic carbocycles. The topological polar surface area (TPSA) is 33.7 Å². The van der Waals surface area contributed by atoms with E-state index in [0.717, 1.165) is 37.7 Å². The number of aryl methyl sites for hydroxylation is 1. The van der Waals surface area contributed by atoms with Gasteiger partial charge in [0.2, 0.25) is 0 Å². The zero-order chi connectivity index (χ0) is 13.8. The number of methoxy groups -OCH3 is 2. The van der Waals surface area contributed by atoms with Crippen molar-refractivity contribution in [2.45, 2.75) is 26.4 Å². The minimum absolute atomic E-state index is 0.664. The first kappa shape index (κ1) is 14.2. The monoisotopic (exact) mass is 264 g/mol. The molecule has 0 bridgehead atoms. The molecule has 1 N–H and O–H groups in total. The summed E-state index contributed by atoms with van der Waals surface area (Å²) in [5.74, 6) is 1.61. The fraction of sp³-hybridized carbons (Fsp3) is 0.600. The molecule has 4 nitrogen and oxygen atoms in total. The molecule has 0 aliphatic carbocycles. The molecule has 1 aliphatic rings. The van der Waals surface area contributed by atoms with E-state index in [2.05, 4.69) is 36.2 Å². The third-order valence-electron chi connectivity index (χ3n) is 3.90. The quantitative estimate of drug-likeness (QED) is 0.849. The van der Waals surface area contributed by atoms with Crippen molar-refractivity contribution in [1.82, 2.24) is 10.2 Å². The van der Waals surface area contributed by atoms with Crippen molar-refractivity contribution in [3.05, 3.63) is 23.3 Å². The number of likely N-dealkylation sites (N-methyl/N-ethyl adjacent to an activating group) is 1. The molecule has 1 aliphatic heterocycles. The molecule has 0 atom stereocenters. The Bertz CT molecular complexity index is 430. The second kappa shape index (κ2) is 6.26. The summed E-state index contributed by atoms with van der Waals surface area (Å²) in [4.78, 5) is 2.50. The number of nitrogens with one attached hydrogen (secondary N) is 1. The van der Waals surface area contributed by atoms with Gasteiger partial charge in [-0.25, -0.2) is 0 Å². The molecule has 1 heterocycles. The predicted molar refractivity (Wildman–Crippen MR) is 77.0 cm³/mol.